The molecule has 0 aliphatic heterocycles. The van der Waals surface area contributed by atoms with Gasteiger partial charge in [-0.15, -0.1) is 0 Å². The minimum Gasteiger partial charge on any atom is -0.364 e. The lowest BCUT2D eigenvalue weighted by Crippen LogP contribution is -2.36. The molecule has 1 heterocycles. The molecule has 0 atom stereocenters. The summed E-state index contributed by atoms with van der Waals surface area (Å²) in [5.41, 5.74) is 2.81. The lowest BCUT2D eigenvalue weighted by molar-refractivity contribution is 0.410. The lowest BCUT2D eigenvalue weighted by atomic mass is 10.1. The minimum atomic E-state index is -0.210. The Morgan fingerprint density at radius 1 is 1.30 bits per heavy atom. The van der Waals surface area contributed by atoms with E-state index in [1.54, 1.807) is 30.0 Å². The first-order valence-electron chi connectivity index (χ1n) is 7.40. The molecule has 23 heavy (non-hydrogen) atoms. The minimum absolute atomic E-state index is 0.210. The van der Waals surface area contributed by atoms with Crippen LogP contribution in [-0.2, 0) is 18.8 Å². The maximum atomic E-state index is 13.4. The molecule has 0 saturated heterocycles. The summed E-state index contributed by atoms with van der Waals surface area (Å²) in [6.07, 6.45) is 3.54. The Balaban J connectivity index is 2.04. The third kappa shape index (κ3) is 5.59. The van der Waals surface area contributed by atoms with Crippen LogP contribution in [-0.4, -0.2) is 23.9 Å². The molecule has 5 nitrogen and oxygen atoms in total. The van der Waals surface area contributed by atoms with Crippen LogP contribution in [0.3, 0.4) is 0 Å². The standard InChI is InChI=1S/C16H21FN4OS/c1-3-18-16(20-10-15-6-7-22-21-15)19-9-12-4-5-14(17)8-13(12)11-23-2/h4-8H,3,9-11H2,1-2H3,(H2,18,19,20). The molecule has 124 valence electrons. The molecule has 1 aromatic heterocycles. The molecule has 0 bridgehead atoms. The molecule has 0 fully saturated rings. The van der Waals surface area contributed by atoms with Crippen molar-refractivity contribution in [3.63, 3.8) is 0 Å². The highest BCUT2D eigenvalue weighted by Gasteiger charge is 2.05. The van der Waals surface area contributed by atoms with Gasteiger partial charge in [0.15, 0.2) is 5.96 Å². The summed E-state index contributed by atoms with van der Waals surface area (Å²) in [7, 11) is 0. The van der Waals surface area contributed by atoms with Crippen molar-refractivity contribution in [2.75, 3.05) is 12.8 Å². The third-order valence-corrected chi connectivity index (χ3v) is 3.75. The average molecular weight is 336 g/mol. The van der Waals surface area contributed by atoms with E-state index >= 15 is 0 Å². The van der Waals surface area contributed by atoms with Crippen molar-refractivity contribution >= 4 is 17.7 Å². The molecule has 0 radical (unpaired) electrons. The molecule has 0 aliphatic carbocycles. The first kappa shape index (κ1) is 17.3. The van der Waals surface area contributed by atoms with Gasteiger partial charge in [-0.2, -0.15) is 11.8 Å². The Hall–Kier alpha value is -2.02. The summed E-state index contributed by atoms with van der Waals surface area (Å²) >= 11 is 1.67. The fourth-order valence-corrected chi connectivity index (χ4v) is 2.63. The highest BCUT2D eigenvalue weighted by molar-refractivity contribution is 7.97. The second-order valence-corrected chi connectivity index (χ2v) is 5.75. The Morgan fingerprint density at radius 2 is 2.17 bits per heavy atom. The summed E-state index contributed by atoms with van der Waals surface area (Å²) in [6, 6.07) is 6.65. The van der Waals surface area contributed by atoms with Crippen molar-refractivity contribution in [3.05, 3.63) is 53.2 Å². The van der Waals surface area contributed by atoms with E-state index in [1.165, 1.54) is 12.3 Å². The van der Waals surface area contributed by atoms with E-state index in [4.69, 9.17) is 4.52 Å². The van der Waals surface area contributed by atoms with Crippen LogP contribution in [0, 0.1) is 5.82 Å². The summed E-state index contributed by atoms with van der Waals surface area (Å²) in [4.78, 5) is 4.56. The largest absolute Gasteiger partial charge is 0.364 e. The number of guanidine groups is 1. The smallest absolute Gasteiger partial charge is 0.191 e. The SMILES string of the molecule is CCNC(=NCc1ccc(F)cc1CSC)NCc1ccon1. The molecule has 0 amide bonds. The Kier molecular flexibility index (Phi) is 6.93. The van der Waals surface area contributed by atoms with Crippen LogP contribution in [0.25, 0.3) is 0 Å². The number of aromatic nitrogens is 1. The Bertz CT molecular complexity index is 631. The number of aliphatic imine (C=N–C) groups is 1. The van der Waals surface area contributed by atoms with E-state index in [9.17, 15) is 4.39 Å². The summed E-state index contributed by atoms with van der Waals surface area (Å²) < 4.78 is 18.2. The molecule has 2 aromatic rings. The van der Waals surface area contributed by atoms with Crippen molar-refractivity contribution in [1.29, 1.82) is 0 Å². The highest BCUT2D eigenvalue weighted by Crippen LogP contribution is 2.17. The molecular formula is C16H21FN4OS. The molecule has 2 rings (SSSR count). The number of halogens is 1. The van der Waals surface area contributed by atoms with Gasteiger partial charge >= 0.3 is 0 Å². The number of hydrogen-bond acceptors (Lipinski definition) is 4. The van der Waals surface area contributed by atoms with Gasteiger partial charge in [0.2, 0.25) is 0 Å². The van der Waals surface area contributed by atoms with Crippen LogP contribution in [0.1, 0.15) is 23.7 Å². The highest BCUT2D eigenvalue weighted by atomic mass is 32.2. The zero-order chi connectivity index (χ0) is 16.5. The maximum Gasteiger partial charge on any atom is 0.191 e. The molecule has 0 aliphatic rings. The van der Waals surface area contributed by atoms with Gasteiger partial charge in [-0.1, -0.05) is 11.2 Å². The first-order chi connectivity index (χ1) is 11.2. The maximum absolute atomic E-state index is 13.4. The number of benzene rings is 1. The molecule has 0 saturated carbocycles. The Morgan fingerprint density at radius 3 is 2.87 bits per heavy atom. The van der Waals surface area contributed by atoms with E-state index in [2.05, 4.69) is 20.8 Å². The van der Waals surface area contributed by atoms with Gasteiger partial charge in [0.25, 0.3) is 0 Å². The molecule has 7 heteroatoms. The number of thioether (sulfide) groups is 1. The number of nitrogens with zero attached hydrogens (tertiary/aromatic N) is 2. The summed E-state index contributed by atoms with van der Waals surface area (Å²) in [6.45, 7) is 3.78. The van der Waals surface area contributed by atoms with Crippen molar-refractivity contribution in [3.8, 4) is 0 Å². The normalized spacial score (nSPS) is 11.5. The van der Waals surface area contributed by atoms with Gasteiger partial charge in [0.1, 0.15) is 17.8 Å². The number of hydrogen-bond donors (Lipinski definition) is 2. The van der Waals surface area contributed by atoms with E-state index in [0.29, 0.717) is 19.0 Å². The van der Waals surface area contributed by atoms with Crippen LogP contribution in [0.15, 0.2) is 40.0 Å². The van der Waals surface area contributed by atoms with Crippen LogP contribution in [0.2, 0.25) is 0 Å². The number of rotatable bonds is 7. The van der Waals surface area contributed by atoms with Gasteiger partial charge in [-0.05, 0) is 36.4 Å². The first-order valence-corrected chi connectivity index (χ1v) is 8.80. The van der Waals surface area contributed by atoms with Crippen LogP contribution >= 0.6 is 11.8 Å². The fourth-order valence-electron chi connectivity index (χ4n) is 2.05. The van der Waals surface area contributed by atoms with E-state index in [1.807, 2.05) is 13.2 Å². The van der Waals surface area contributed by atoms with Crippen LogP contribution < -0.4 is 10.6 Å². The van der Waals surface area contributed by atoms with Crippen molar-refractivity contribution in [2.45, 2.75) is 25.8 Å². The Labute approximate surface area is 139 Å². The predicted octanol–water partition coefficient (Wildman–Crippen LogP) is 2.93. The number of nitrogens with one attached hydrogen (secondary N) is 2. The van der Waals surface area contributed by atoms with Crippen molar-refractivity contribution in [2.24, 2.45) is 4.99 Å². The monoisotopic (exact) mass is 336 g/mol. The summed E-state index contributed by atoms with van der Waals surface area (Å²) in [5.74, 6) is 1.25. The van der Waals surface area contributed by atoms with E-state index < -0.39 is 0 Å². The second kappa shape index (κ2) is 9.19. The van der Waals surface area contributed by atoms with Crippen molar-refractivity contribution in [1.82, 2.24) is 15.8 Å². The molecule has 0 spiro atoms. The van der Waals surface area contributed by atoms with Gasteiger partial charge in [0.05, 0.1) is 13.1 Å². The second-order valence-electron chi connectivity index (χ2n) is 4.89. The summed E-state index contributed by atoms with van der Waals surface area (Å²) in [5, 5.41) is 10.2. The lowest BCUT2D eigenvalue weighted by Gasteiger charge is -2.11. The van der Waals surface area contributed by atoms with Crippen molar-refractivity contribution < 1.29 is 8.91 Å². The van der Waals surface area contributed by atoms with Crippen LogP contribution in [0.4, 0.5) is 4.39 Å². The molecular weight excluding hydrogens is 315 g/mol. The average Bonchev–Trinajstić information content (AvgIpc) is 3.05. The van der Waals surface area contributed by atoms with E-state index in [0.717, 1.165) is 29.1 Å². The quantitative estimate of drug-likeness (QED) is 0.601. The van der Waals surface area contributed by atoms with E-state index in [-0.39, 0.29) is 5.82 Å². The fraction of sp³-hybridized carbons (Fsp3) is 0.375. The van der Waals surface area contributed by atoms with Gasteiger partial charge < -0.3 is 15.2 Å². The van der Waals surface area contributed by atoms with Gasteiger partial charge in [-0.3, -0.25) is 0 Å². The third-order valence-electron chi connectivity index (χ3n) is 3.15. The molecule has 1 aromatic carbocycles. The topological polar surface area (TPSA) is 62.5 Å². The van der Waals surface area contributed by atoms with Gasteiger partial charge in [-0.25, -0.2) is 9.38 Å². The van der Waals surface area contributed by atoms with Gasteiger partial charge in [0, 0.05) is 18.4 Å². The predicted molar refractivity (Wildman–Crippen MR) is 91.8 cm³/mol. The molecule has 2 N–H and O–H groups in total. The molecule has 0 unspecified atom stereocenters. The zero-order valence-electron chi connectivity index (χ0n) is 13.3. The van der Waals surface area contributed by atoms with Crippen LogP contribution in [0.5, 0.6) is 0 Å². The zero-order valence-corrected chi connectivity index (χ0v) is 14.1.